The number of carbonyl (C=O) groups is 1. The summed E-state index contributed by atoms with van der Waals surface area (Å²) in [4.78, 5) is 10.6. The molecule has 1 unspecified atom stereocenters. The zero-order valence-electron chi connectivity index (χ0n) is 13.2. The number of nitrogens with zero attached hydrogens (tertiary/aromatic N) is 1. The van der Waals surface area contributed by atoms with E-state index < -0.39 is 5.97 Å². The highest BCUT2D eigenvalue weighted by Crippen LogP contribution is 2.13. The minimum Gasteiger partial charge on any atom is -0.481 e. The lowest BCUT2D eigenvalue weighted by molar-refractivity contribution is -0.920. The van der Waals surface area contributed by atoms with Gasteiger partial charge in [-0.3, -0.25) is 4.79 Å². The van der Waals surface area contributed by atoms with Gasteiger partial charge in [-0.05, 0) is 6.42 Å². The number of aliphatic carboxylic acids is 1. The van der Waals surface area contributed by atoms with Crippen LogP contribution in [0.15, 0.2) is 0 Å². The molecule has 4 nitrogen and oxygen atoms in total. The van der Waals surface area contributed by atoms with Crippen LogP contribution < -0.4 is 0 Å². The Hall–Kier alpha value is -0.610. The topological polar surface area (TPSA) is 46.5 Å². The molecule has 19 heavy (non-hydrogen) atoms. The molecule has 1 N–H and O–H groups in total. The van der Waals surface area contributed by atoms with Crippen molar-refractivity contribution in [2.45, 2.75) is 64.5 Å². The van der Waals surface area contributed by atoms with Gasteiger partial charge in [0.15, 0.2) is 6.23 Å². The largest absolute Gasteiger partial charge is 0.481 e. The van der Waals surface area contributed by atoms with Gasteiger partial charge in [0.2, 0.25) is 0 Å². The summed E-state index contributed by atoms with van der Waals surface area (Å²) in [5, 5.41) is 8.76. The predicted octanol–water partition coefficient (Wildman–Crippen LogP) is 3.26. The van der Waals surface area contributed by atoms with Crippen LogP contribution in [0.5, 0.6) is 0 Å². The summed E-state index contributed by atoms with van der Waals surface area (Å²) in [5.41, 5.74) is 0. The Morgan fingerprint density at radius 1 is 1.11 bits per heavy atom. The number of quaternary nitrogens is 1. The molecule has 4 heteroatoms. The van der Waals surface area contributed by atoms with Crippen molar-refractivity contribution in [3.05, 3.63) is 0 Å². The molecule has 0 bridgehead atoms. The summed E-state index contributed by atoms with van der Waals surface area (Å²) in [5.74, 6) is -0.749. The van der Waals surface area contributed by atoms with Crippen LogP contribution in [0.1, 0.15) is 58.3 Å². The Bertz CT molecular complexity index is 236. The second kappa shape index (κ2) is 10.2. The van der Waals surface area contributed by atoms with Crippen LogP contribution in [0.2, 0.25) is 0 Å². The van der Waals surface area contributed by atoms with E-state index in [1.165, 1.54) is 32.1 Å². The van der Waals surface area contributed by atoms with Crippen LogP contribution >= 0.6 is 0 Å². The average molecular weight is 274 g/mol. The molecule has 0 aromatic heterocycles. The number of hydrogen-bond donors (Lipinski definition) is 1. The van der Waals surface area contributed by atoms with E-state index in [0.717, 1.165) is 13.0 Å². The molecule has 0 saturated carbocycles. The van der Waals surface area contributed by atoms with Crippen molar-refractivity contribution >= 4 is 5.97 Å². The second-order valence-electron chi connectivity index (χ2n) is 6.14. The number of carboxylic acid groups (broad SMARTS) is 1. The third kappa shape index (κ3) is 11.0. The Morgan fingerprint density at radius 2 is 1.68 bits per heavy atom. The first-order valence-corrected chi connectivity index (χ1v) is 7.52. The lowest BCUT2D eigenvalue weighted by Gasteiger charge is -2.33. The van der Waals surface area contributed by atoms with Gasteiger partial charge in [0.1, 0.15) is 0 Å². The van der Waals surface area contributed by atoms with Crippen LogP contribution in [0, 0.1) is 0 Å². The standard InChI is InChI=1S/C15H31NO3/c1-5-6-7-8-9-10-13-19-14(16(2,3)4)11-12-15(17)18/h14H,5-13H2,1-4H3/p+1. The fourth-order valence-electron chi connectivity index (χ4n) is 2.04. The van der Waals surface area contributed by atoms with Crippen LogP contribution in [0.4, 0.5) is 0 Å². The summed E-state index contributed by atoms with van der Waals surface area (Å²) < 4.78 is 6.53. The van der Waals surface area contributed by atoms with Gasteiger partial charge in [0, 0.05) is 6.42 Å². The van der Waals surface area contributed by atoms with Gasteiger partial charge < -0.3 is 14.3 Å². The Balaban J connectivity index is 3.78. The van der Waals surface area contributed by atoms with E-state index in [4.69, 9.17) is 9.84 Å². The quantitative estimate of drug-likeness (QED) is 0.337. The minimum atomic E-state index is -0.749. The number of ether oxygens (including phenoxy) is 1. The number of hydrogen-bond acceptors (Lipinski definition) is 2. The SMILES string of the molecule is CCCCCCCCOC(CCC(=O)O)[N+](C)(C)C. The first-order valence-electron chi connectivity index (χ1n) is 7.52. The smallest absolute Gasteiger partial charge is 0.303 e. The van der Waals surface area contributed by atoms with Crippen molar-refractivity contribution in [2.75, 3.05) is 27.7 Å². The first-order chi connectivity index (χ1) is 8.88. The third-order valence-electron chi connectivity index (χ3n) is 3.28. The summed E-state index contributed by atoms with van der Waals surface area (Å²) in [6, 6.07) is 0. The molecule has 0 spiro atoms. The van der Waals surface area contributed by atoms with Crippen LogP contribution in [-0.4, -0.2) is 49.5 Å². The normalized spacial score (nSPS) is 13.5. The fourth-order valence-corrected chi connectivity index (χ4v) is 2.04. The summed E-state index contributed by atoms with van der Waals surface area (Å²) in [6.07, 6.45) is 8.21. The predicted molar refractivity (Wildman–Crippen MR) is 78.0 cm³/mol. The fraction of sp³-hybridized carbons (Fsp3) is 0.933. The van der Waals surface area contributed by atoms with Crippen LogP contribution in [-0.2, 0) is 9.53 Å². The van der Waals surface area contributed by atoms with E-state index in [0.29, 0.717) is 10.9 Å². The molecule has 0 aliphatic carbocycles. The van der Waals surface area contributed by atoms with Gasteiger partial charge >= 0.3 is 5.97 Å². The van der Waals surface area contributed by atoms with E-state index in [9.17, 15) is 4.79 Å². The maximum atomic E-state index is 10.6. The Morgan fingerprint density at radius 3 is 2.21 bits per heavy atom. The molecule has 0 heterocycles. The third-order valence-corrected chi connectivity index (χ3v) is 3.28. The van der Waals surface area contributed by atoms with Crippen molar-refractivity contribution in [2.24, 2.45) is 0 Å². The number of unbranched alkanes of at least 4 members (excludes halogenated alkanes) is 5. The molecule has 1 atom stereocenters. The highest BCUT2D eigenvalue weighted by molar-refractivity contribution is 5.66. The molecule has 0 aromatic carbocycles. The van der Waals surface area contributed by atoms with Crippen molar-refractivity contribution in [1.29, 1.82) is 0 Å². The van der Waals surface area contributed by atoms with Gasteiger partial charge in [-0.25, -0.2) is 0 Å². The molecule has 0 amide bonds. The van der Waals surface area contributed by atoms with E-state index in [-0.39, 0.29) is 12.6 Å². The van der Waals surface area contributed by atoms with Gasteiger partial charge in [0.05, 0.1) is 34.2 Å². The highest BCUT2D eigenvalue weighted by Gasteiger charge is 2.24. The summed E-state index contributed by atoms with van der Waals surface area (Å²) in [6.45, 7) is 2.96. The molecule has 0 fully saturated rings. The molecule has 0 aliphatic heterocycles. The van der Waals surface area contributed by atoms with Gasteiger partial charge in [-0.15, -0.1) is 0 Å². The molecule has 114 valence electrons. The van der Waals surface area contributed by atoms with Crippen molar-refractivity contribution in [3.8, 4) is 0 Å². The van der Waals surface area contributed by atoms with E-state index in [1.807, 2.05) is 21.1 Å². The van der Waals surface area contributed by atoms with E-state index in [2.05, 4.69) is 6.92 Å². The molecule has 0 aromatic rings. The Labute approximate surface area is 118 Å². The zero-order chi connectivity index (χ0) is 14.7. The lowest BCUT2D eigenvalue weighted by atomic mass is 10.1. The Kier molecular flexibility index (Phi) is 9.88. The maximum absolute atomic E-state index is 10.6. The van der Waals surface area contributed by atoms with Crippen molar-refractivity contribution in [1.82, 2.24) is 0 Å². The molecular weight excluding hydrogens is 242 g/mol. The lowest BCUT2D eigenvalue weighted by Crippen LogP contribution is -2.47. The number of carboxylic acids is 1. The average Bonchev–Trinajstić information content (AvgIpc) is 2.29. The van der Waals surface area contributed by atoms with E-state index >= 15 is 0 Å². The number of rotatable bonds is 12. The van der Waals surface area contributed by atoms with E-state index in [1.54, 1.807) is 0 Å². The van der Waals surface area contributed by atoms with Gasteiger partial charge in [-0.1, -0.05) is 39.0 Å². The molecule has 0 rings (SSSR count). The highest BCUT2D eigenvalue weighted by atomic mass is 16.5. The molecule has 0 radical (unpaired) electrons. The molecular formula is C15H32NO3+. The maximum Gasteiger partial charge on any atom is 0.303 e. The minimum absolute atomic E-state index is 0.0215. The molecule has 0 saturated heterocycles. The van der Waals surface area contributed by atoms with Crippen molar-refractivity contribution in [3.63, 3.8) is 0 Å². The second-order valence-corrected chi connectivity index (χ2v) is 6.14. The first kappa shape index (κ1) is 18.4. The summed E-state index contributed by atoms with van der Waals surface area (Å²) in [7, 11) is 6.15. The summed E-state index contributed by atoms with van der Waals surface area (Å²) >= 11 is 0. The monoisotopic (exact) mass is 274 g/mol. The molecule has 0 aliphatic rings. The zero-order valence-corrected chi connectivity index (χ0v) is 13.2. The van der Waals surface area contributed by atoms with Crippen molar-refractivity contribution < 1.29 is 19.1 Å². The van der Waals surface area contributed by atoms with Gasteiger partial charge in [0.25, 0.3) is 0 Å². The van der Waals surface area contributed by atoms with Crippen LogP contribution in [0.3, 0.4) is 0 Å². The van der Waals surface area contributed by atoms with Gasteiger partial charge in [-0.2, -0.15) is 0 Å². The van der Waals surface area contributed by atoms with Crippen LogP contribution in [0.25, 0.3) is 0 Å².